The minimum absolute atomic E-state index is 0.434. The molecule has 0 aromatic heterocycles. The van der Waals surface area contributed by atoms with Crippen LogP contribution in [0, 0.1) is 18.3 Å². The molecule has 1 aliphatic carbocycles. The maximum absolute atomic E-state index is 3.44. The van der Waals surface area contributed by atoms with Gasteiger partial charge < -0.3 is 10.2 Å². The number of nitrogens with zero attached hydrogens (tertiary/aromatic N) is 1. The summed E-state index contributed by atoms with van der Waals surface area (Å²) in [6, 6.07) is 8.72. The lowest BCUT2D eigenvalue weighted by Gasteiger charge is -2.43. The Labute approximate surface area is 124 Å². The summed E-state index contributed by atoms with van der Waals surface area (Å²) in [6.45, 7) is 6.91. The molecule has 1 aromatic rings. The summed E-state index contributed by atoms with van der Waals surface area (Å²) in [4.78, 5) is 2.46. The monoisotopic (exact) mass is 274 g/mol. The summed E-state index contributed by atoms with van der Waals surface area (Å²) >= 11 is 0. The minimum atomic E-state index is 0.434. The van der Waals surface area contributed by atoms with Crippen LogP contribution >= 0.6 is 0 Å². The van der Waals surface area contributed by atoms with Crippen LogP contribution in [0.1, 0.15) is 38.2 Å². The number of anilines is 1. The number of rotatable bonds is 5. The lowest BCUT2D eigenvalue weighted by molar-refractivity contribution is 0.152. The third kappa shape index (κ3) is 3.54. The third-order valence-electron chi connectivity index (χ3n) is 4.84. The number of aryl methyl sites for hydroxylation is 1. The zero-order chi connectivity index (χ0) is 14.6. The summed E-state index contributed by atoms with van der Waals surface area (Å²) in [7, 11) is 4.34. The number of nitrogens with one attached hydrogen (secondary N) is 1. The molecule has 1 N–H and O–H groups in total. The van der Waals surface area contributed by atoms with Gasteiger partial charge in [0.05, 0.1) is 0 Å². The van der Waals surface area contributed by atoms with Crippen LogP contribution in [0.4, 0.5) is 5.69 Å². The minimum Gasteiger partial charge on any atom is -0.374 e. The maximum Gasteiger partial charge on any atom is 0.0393 e. The van der Waals surface area contributed by atoms with Crippen molar-refractivity contribution in [2.75, 3.05) is 32.1 Å². The van der Waals surface area contributed by atoms with Gasteiger partial charge in [-0.1, -0.05) is 38.0 Å². The largest absolute Gasteiger partial charge is 0.374 e. The predicted molar refractivity (Wildman–Crippen MR) is 88.4 cm³/mol. The van der Waals surface area contributed by atoms with Gasteiger partial charge in [0.2, 0.25) is 0 Å². The molecule has 0 aliphatic heterocycles. The summed E-state index contributed by atoms with van der Waals surface area (Å²) in [5, 5.41) is 3.44. The third-order valence-corrected chi connectivity index (χ3v) is 4.84. The van der Waals surface area contributed by atoms with Crippen molar-refractivity contribution in [3.63, 3.8) is 0 Å². The zero-order valence-electron chi connectivity index (χ0n) is 13.6. The van der Waals surface area contributed by atoms with Crippen molar-refractivity contribution in [1.82, 2.24) is 5.32 Å². The number of para-hydroxylation sites is 1. The molecule has 112 valence electrons. The van der Waals surface area contributed by atoms with Gasteiger partial charge in [-0.3, -0.25) is 0 Å². The van der Waals surface area contributed by atoms with Crippen molar-refractivity contribution in [3.8, 4) is 0 Å². The Bertz CT molecular complexity index is 425. The van der Waals surface area contributed by atoms with Gasteiger partial charge in [-0.15, -0.1) is 0 Å². The standard InChI is InChI=1S/C18H30N2/c1-15-8-7-11-18(12-15,13-19-3)14-20(4)17-10-6-5-9-16(17)2/h5-6,9-10,15,19H,7-8,11-14H2,1-4H3. The molecule has 1 aliphatic rings. The fourth-order valence-corrected chi connectivity index (χ4v) is 4.08. The highest BCUT2D eigenvalue weighted by Gasteiger charge is 2.35. The first-order valence-electron chi connectivity index (χ1n) is 7.98. The molecule has 1 aromatic carbocycles. The van der Waals surface area contributed by atoms with Gasteiger partial charge in [0.15, 0.2) is 0 Å². The molecule has 2 heteroatoms. The highest BCUT2D eigenvalue weighted by molar-refractivity contribution is 5.52. The zero-order valence-corrected chi connectivity index (χ0v) is 13.6. The van der Waals surface area contributed by atoms with E-state index in [9.17, 15) is 0 Å². The van der Waals surface area contributed by atoms with Crippen molar-refractivity contribution >= 4 is 5.69 Å². The SMILES string of the molecule is CNCC1(CN(C)c2ccccc2C)CCCC(C)C1. The molecule has 1 saturated carbocycles. The molecule has 2 nitrogen and oxygen atoms in total. The Morgan fingerprint density at radius 3 is 2.75 bits per heavy atom. The Morgan fingerprint density at radius 1 is 1.35 bits per heavy atom. The van der Waals surface area contributed by atoms with E-state index in [4.69, 9.17) is 0 Å². The lowest BCUT2D eigenvalue weighted by atomic mass is 9.69. The van der Waals surface area contributed by atoms with Crippen molar-refractivity contribution in [2.24, 2.45) is 11.3 Å². The van der Waals surface area contributed by atoms with E-state index in [1.165, 1.54) is 36.9 Å². The van der Waals surface area contributed by atoms with Gasteiger partial charge >= 0.3 is 0 Å². The highest BCUT2D eigenvalue weighted by Crippen LogP contribution is 2.40. The van der Waals surface area contributed by atoms with E-state index in [2.05, 4.69) is 62.4 Å². The Hall–Kier alpha value is -1.02. The molecule has 0 spiro atoms. The van der Waals surface area contributed by atoms with E-state index in [0.717, 1.165) is 19.0 Å². The summed E-state index contributed by atoms with van der Waals surface area (Å²) in [5.74, 6) is 0.863. The van der Waals surface area contributed by atoms with E-state index in [1.54, 1.807) is 0 Å². The van der Waals surface area contributed by atoms with E-state index in [0.29, 0.717) is 5.41 Å². The van der Waals surface area contributed by atoms with Gasteiger partial charge in [0, 0.05) is 31.2 Å². The maximum atomic E-state index is 3.44. The van der Waals surface area contributed by atoms with Crippen LogP contribution in [-0.4, -0.2) is 27.2 Å². The normalized spacial score (nSPS) is 26.5. The Morgan fingerprint density at radius 2 is 2.10 bits per heavy atom. The second-order valence-electron chi connectivity index (χ2n) is 6.87. The van der Waals surface area contributed by atoms with Crippen LogP contribution in [0.25, 0.3) is 0 Å². The average Bonchev–Trinajstić information content (AvgIpc) is 2.39. The fraction of sp³-hybridized carbons (Fsp3) is 0.667. The smallest absolute Gasteiger partial charge is 0.0393 e. The van der Waals surface area contributed by atoms with E-state index < -0.39 is 0 Å². The van der Waals surface area contributed by atoms with Crippen LogP contribution in [0.2, 0.25) is 0 Å². The molecular formula is C18H30N2. The highest BCUT2D eigenvalue weighted by atomic mass is 15.1. The van der Waals surface area contributed by atoms with E-state index in [-0.39, 0.29) is 0 Å². The molecule has 0 saturated heterocycles. The van der Waals surface area contributed by atoms with Crippen molar-refractivity contribution < 1.29 is 0 Å². The molecule has 0 amide bonds. The van der Waals surface area contributed by atoms with Gasteiger partial charge in [0.1, 0.15) is 0 Å². The first kappa shape index (κ1) is 15.4. The molecule has 1 fully saturated rings. The molecule has 0 radical (unpaired) electrons. The number of benzene rings is 1. The van der Waals surface area contributed by atoms with E-state index in [1.807, 2.05) is 0 Å². The Balaban J connectivity index is 2.13. The molecule has 0 heterocycles. The molecule has 2 unspecified atom stereocenters. The molecule has 0 bridgehead atoms. The summed E-state index contributed by atoms with van der Waals surface area (Å²) in [5.41, 5.74) is 3.18. The number of hydrogen-bond acceptors (Lipinski definition) is 2. The van der Waals surface area contributed by atoms with Crippen molar-refractivity contribution in [2.45, 2.75) is 39.5 Å². The van der Waals surface area contributed by atoms with Gasteiger partial charge in [-0.05, 0) is 44.4 Å². The second-order valence-corrected chi connectivity index (χ2v) is 6.87. The molecule has 2 rings (SSSR count). The van der Waals surface area contributed by atoms with Gasteiger partial charge in [-0.25, -0.2) is 0 Å². The van der Waals surface area contributed by atoms with E-state index >= 15 is 0 Å². The van der Waals surface area contributed by atoms with Crippen LogP contribution < -0.4 is 10.2 Å². The fourth-order valence-electron chi connectivity index (χ4n) is 4.08. The second kappa shape index (κ2) is 6.62. The van der Waals surface area contributed by atoms with Crippen LogP contribution in [-0.2, 0) is 0 Å². The average molecular weight is 274 g/mol. The molecular weight excluding hydrogens is 244 g/mol. The first-order valence-corrected chi connectivity index (χ1v) is 7.98. The first-order chi connectivity index (χ1) is 9.56. The van der Waals surface area contributed by atoms with Crippen LogP contribution in [0.5, 0.6) is 0 Å². The van der Waals surface area contributed by atoms with Crippen LogP contribution in [0.15, 0.2) is 24.3 Å². The van der Waals surface area contributed by atoms with Gasteiger partial charge in [-0.2, -0.15) is 0 Å². The topological polar surface area (TPSA) is 15.3 Å². The molecule has 20 heavy (non-hydrogen) atoms. The summed E-state index contributed by atoms with van der Waals surface area (Å²) < 4.78 is 0. The lowest BCUT2D eigenvalue weighted by Crippen LogP contribution is -2.45. The number of hydrogen-bond donors (Lipinski definition) is 1. The van der Waals surface area contributed by atoms with Crippen LogP contribution in [0.3, 0.4) is 0 Å². The van der Waals surface area contributed by atoms with Crippen molar-refractivity contribution in [3.05, 3.63) is 29.8 Å². The van der Waals surface area contributed by atoms with Crippen molar-refractivity contribution in [1.29, 1.82) is 0 Å². The quantitative estimate of drug-likeness (QED) is 0.877. The Kier molecular flexibility index (Phi) is 5.09. The van der Waals surface area contributed by atoms with Gasteiger partial charge in [0.25, 0.3) is 0 Å². The summed E-state index contributed by atoms with van der Waals surface area (Å²) in [6.07, 6.45) is 5.49. The molecule has 2 atom stereocenters. The predicted octanol–water partition coefficient (Wildman–Crippen LogP) is 3.85.